The Labute approximate surface area is 71.4 Å². The van der Waals surface area contributed by atoms with Crippen molar-refractivity contribution in [3.63, 3.8) is 0 Å². The zero-order chi connectivity index (χ0) is 8.97. The molecule has 0 aromatic carbocycles. The van der Waals surface area contributed by atoms with Crippen LogP contribution in [0.3, 0.4) is 0 Å². The summed E-state index contributed by atoms with van der Waals surface area (Å²) in [5, 5.41) is 3.91. The second kappa shape index (κ2) is 3.72. The molecular formula is C6H3N2O3S. The number of hydrogen-bond acceptors (Lipinski definition) is 5. The van der Waals surface area contributed by atoms with Crippen LogP contribution in [0, 0.1) is 0 Å². The molecule has 6 heteroatoms. The normalized spacial score (nSPS) is 9.00. The average molecular weight is 183 g/mol. The third-order valence-electron chi connectivity index (χ3n) is 1.01. The first kappa shape index (κ1) is 8.54. The molecule has 0 fully saturated rings. The summed E-state index contributed by atoms with van der Waals surface area (Å²) in [6, 6.07) is 0. The first-order chi connectivity index (χ1) is 5.77. The van der Waals surface area contributed by atoms with Crippen molar-refractivity contribution in [2.24, 2.45) is 0 Å². The molecular weight excluding hydrogens is 180 g/mol. The van der Waals surface area contributed by atoms with E-state index in [1.807, 2.05) is 0 Å². The molecule has 0 saturated carbocycles. The Bertz CT molecular complexity index is 320. The maximum atomic E-state index is 10.6. The molecule has 0 aliphatic rings. The van der Waals surface area contributed by atoms with Gasteiger partial charge in [-0.05, 0) is 0 Å². The standard InChI is InChI=1S/C6H3N2O3S/c9-1-5(11)4-2-12-6(8-4)7-3-10/h2-3H,(H,7,8,10). The molecule has 0 aliphatic heterocycles. The lowest BCUT2D eigenvalue weighted by atomic mass is 10.3. The molecule has 1 N–H and O–H groups in total. The average Bonchev–Trinajstić information content (AvgIpc) is 2.52. The van der Waals surface area contributed by atoms with Gasteiger partial charge in [-0.1, -0.05) is 0 Å². The summed E-state index contributed by atoms with van der Waals surface area (Å²) in [5.74, 6) is -0.815. The van der Waals surface area contributed by atoms with Crippen LogP contribution < -0.4 is 5.32 Å². The van der Waals surface area contributed by atoms with E-state index in [4.69, 9.17) is 0 Å². The summed E-state index contributed by atoms with van der Waals surface area (Å²) in [4.78, 5) is 34.1. The Morgan fingerprint density at radius 3 is 3.08 bits per heavy atom. The fourth-order valence-electron chi connectivity index (χ4n) is 0.547. The van der Waals surface area contributed by atoms with Gasteiger partial charge in [0.1, 0.15) is 5.69 Å². The van der Waals surface area contributed by atoms with Crippen LogP contribution in [0.5, 0.6) is 0 Å². The highest BCUT2D eigenvalue weighted by Gasteiger charge is 2.09. The molecule has 1 rings (SSSR count). The number of nitrogens with zero attached hydrogens (tertiary/aromatic N) is 1. The minimum Gasteiger partial charge on any atom is -0.305 e. The number of hydrogen-bond donors (Lipinski definition) is 1. The van der Waals surface area contributed by atoms with Gasteiger partial charge in [0, 0.05) is 5.38 Å². The summed E-state index contributed by atoms with van der Waals surface area (Å²) in [6.45, 7) is 0. The summed E-state index contributed by atoms with van der Waals surface area (Å²) >= 11 is 1.06. The Morgan fingerprint density at radius 1 is 1.75 bits per heavy atom. The van der Waals surface area contributed by atoms with Crippen molar-refractivity contribution in [1.29, 1.82) is 0 Å². The highest BCUT2D eigenvalue weighted by Crippen LogP contribution is 2.13. The maximum absolute atomic E-state index is 10.6. The van der Waals surface area contributed by atoms with Gasteiger partial charge in [-0.2, -0.15) is 0 Å². The highest BCUT2D eigenvalue weighted by atomic mass is 32.1. The minimum absolute atomic E-state index is 0.000602. The van der Waals surface area contributed by atoms with E-state index in [0.717, 1.165) is 11.3 Å². The van der Waals surface area contributed by atoms with Crippen molar-refractivity contribution in [3.8, 4) is 0 Å². The summed E-state index contributed by atoms with van der Waals surface area (Å²) in [7, 11) is 0. The summed E-state index contributed by atoms with van der Waals surface area (Å²) in [5.41, 5.74) is -0.000602. The van der Waals surface area contributed by atoms with Crippen LogP contribution in [0.2, 0.25) is 0 Å². The number of carbonyl (C=O) groups is 2. The van der Waals surface area contributed by atoms with E-state index in [0.29, 0.717) is 6.41 Å². The number of thiazole rings is 1. The fourth-order valence-corrected chi connectivity index (χ4v) is 1.20. The third-order valence-corrected chi connectivity index (χ3v) is 1.79. The number of aromatic nitrogens is 1. The number of carbonyl (C=O) groups excluding carboxylic acids is 3. The van der Waals surface area contributed by atoms with Crippen molar-refractivity contribution in [1.82, 2.24) is 4.98 Å². The van der Waals surface area contributed by atoms with E-state index >= 15 is 0 Å². The maximum Gasteiger partial charge on any atom is 0.279 e. The molecule has 12 heavy (non-hydrogen) atoms. The minimum atomic E-state index is -0.815. The Morgan fingerprint density at radius 2 is 2.50 bits per heavy atom. The topological polar surface area (TPSA) is 76.1 Å². The van der Waals surface area contributed by atoms with E-state index in [9.17, 15) is 14.4 Å². The highest BCUT2D eigenvalue weighted by molar-refractivity contribution is 7.14. The smallest absolute Gasteiger partial charge is 0.279 e. The predicted molar refractivity (Wildman–Crippen MR) is 41.8 cm³/mol. The van der Waals surface area contributed by atoms with Crippen LogP contribution >= 0.6 is 11.3 Å². The van der Waals surface area contributed by atoms with E-state index in [1.54, 1.807) is 0 Å². The molecule has 0 aliphatic carbocycles. The van der Waals surface area contributed by atoms with Crippen LogP contribution in [0.1, 0.15) is 10.5 Å². The van der Waals surface area contributed by atoms with E-state index in [-0.39, 0.29) is 10.8 Å². The molecule has 1 amide bonds. The zero-order valence-corrected chi connectivity index (χ0v) is 6.55. The third kappa shape index (κ3) is 1.73. The Hall–Kier alpha value is -1.56. The van der Waals surface area contributed by atoms with Gasteiger partial charge in [0.25, 0.3) is 12.1 Å². The van der Waals surface area contributed by atoms with Crippen molar-refractivity contribution in [2.75, 3.05) is 5.32 Å². The molecule has 1 aromatic rings. The fraction of sp³-hybridized carbons (Fsp3) is 0. The Kier molecular flexibility index (Phi) is 2.65. The first-order valence-electron chi connectivity index (χ1n) is 2.86. The largest absolute Gasteiger partial charge is 0.305 e. The lowest BCUT2D eigenvalue weighted by molar-refractivity contribution is -0.105. The van der Waals surface area contributed by atoms with Gasteiger partial charge in [-0.25, -0.2) is 4.98 Å². The number of nitrogens with one attached hydrogen (secondary N) is 1. The molecule has 0 unspecified atom stereocenters. The molecule has 5 nitrogen and oxygen atoms in total. The molecule has 1 aromatic heterocycles. The van der Waals surface area contributed by atoms with Crippen molar-refractivity contribution < 1.29 is 14.4 Å². The van der Waals surface area contributed by atoms with Crippen LogP contribution in [0.25, 0.3) is 0 Å². The lowest BCUT2D eigenvalue weighted by Crippen LogP contribution is -2.00. The summed E-state index contributed by atoms with van der Waals surface area (Å²) in [6.07, 6.45) is 1.62. The second-order valence-electron chi connectivity index (χ2n) is 1.73. The van der Waals surface area contributed by atoms with Gasteiger partial charge in [-0.3, -0.25) is 14.4 Å². The van der Waals surface area contributed by atoms with E-state index < -0.39 is 5.78 Å². The molecule has 1 radical (unpaired) electrons. The van der Waals surface area contributed by atoms with Gasteiger partial charge in [0.15, 0.2) is 5.13 Å². The quantitative estimate of drug-likeness (QED) is 0.405. The molecule has 0 spiro atoms. The molecule has 0 bridgehead atoms. The van der Waals surface area contributed by atoms with Crippen molar-refractivity contribution in [2.45, 2.75) is 0 Å². The Balaban J connectivity index is 2.83. The van der Waals surface area contributed by atoms with Gasteiger partial charge in [-0.15, -0.1) is 11.3 Å². The predicted octanol–water partition coefficient (Wildman–Crippen LogP) is 0.00380. The van der Waals surface area contributed by atoms with E-state index in [2.05, 4.69) is 10.3 Å². The second-order valence-corrected chi connectivity index (χ2v) is 2.59. The van der Waals surface area contributed by atoms with Crippen molar-refractivity contribution >= 4 is 34.9 Å². The van der Waals surface area contributed by atoms with Gasteiger partial charge in [0.2, 0.25) is 6.41 Å². The van der Waals surface area contributed by atoms with Crippen LogP contribution in [0.4, 0.5) is 5.13 Å². The molecule has 0 saturated heterocycles. The van der Waals surface area contributed by atoms with Gasteiger partial charge in [0.05, 0.1) is 0 Å². The molecule has 0 atom stereocenters. The monoisotopic (exact) mass is 183 g/mol. The summed E-state index contributed by atoms with van der Waals surface area (Å²) < 4.78 is 0. The zero-order valence-electron chi connectivity index (χ0n) is 5.73. The van der Waals surface area contributed by atoms with E-state index in [1.165, 1.54) is 11.7 Å². The van der Waals surface area contributed by atoms with Crippen LogP contribution in [-0.2, 0) is 9.59 Å². The number of anilines is 1. The lowest BCUT2D eigenvalue weighted by Gasteiger charge is -1.85. The number of ketones is 1. The SMILES string of the molecule is O=[C]C(=O)c1csc(NC=O)n1. The molecule has 1 heterocycles. The number of rotatable bonds is 4. The first-order valence-corrected chi connectivity index (χ1v) is 3.74. The van der Waals surface area contributed by atoms with Crippen LogP contribution in [0.15, 0.2) is 5.38 Å². The van der Waals surface area contributed by atoms with Crippen molar-refractivity contribution in [3.05, 3.63) is 11.1 Å². The van der Waals surface area contributed by atoms with Gasteiger partial charge >= 0.3 is 0 Å². The van der Waals surface area contributed by atoms with Gasteiger partial charge < -0.3 is 5.32 Å². The number of Topliss-reactive ketones (excluding diaryl/α,β-unsaturated/α-hetero) is 1. The number of amides is 1. The van der Waals surface area contributed by atoms with Crippen LogP contribution in [-0.4, -0.2) is 23.5 Å². The molecule has 61 valence electrons.